The predicted molar refractivity (Wildman–Crippen MR) is 108 cm³/mol. The van der Waals surface area contributed by atoms with Crippen LogP contribution in [0.4, 0.5) is 5.69 Å². The van der Waals surface area contributed by atoms with Gasteiger partial charge in [-0.25, -0.2) is 0 Å². The normalized spacial score (nSPS) is 16.3. The zero-order valence-electron chi connectivity index (χ0n) is 14.3. The maximum atomic E-state index is 12.6. The van der Waals surface area contributed by atoms with E-state index in [-0.39, 0.29) is 11.8 Å². The smallest absolute Gasteiger partial charge is 0.248 e. The van der Waals surface area contributed by atoms with Crippen molar-refractivity contribution in [1.29, 1.82) is 5.26 Å². The number of carbonyl (C=O) groups is 2. The van der Waals surface area contributed by atoms with Gasteiger partial charge in [0, 0.05) is 22.5 Å². The van der Waals surface area contributed by atoms with Crippen molar-refractivity contribution in [2.75, 3.05) is 16.9 Å². The van der Waals surface area contributed by atoms with Crippen molar-refractivity contribution in [3.8, 4) is 6.07 Å². The van der Waals surface area contributed by atoms with Crippen molar-refractivity contribution in [1.82, 2.24) is 4.90 Å². The lowest BCUT2D eigenvalue weighted by molar-refractivity contribution is -0.132. The molecule has 136 valence electrons. The quantitative estimate of drug-likeness (QED) is 0.797. The van der Waals surface area contributed by atoms with Gasteiger partial charge in [0.2, 0.25) is 11.8 Å². The highest BCUT2D eigenvalue weighted by Crippen LogP contribution is 2.23. The van der Waals surface area contributed by atoms with E-state index in [4.69, 9.17) is 16.9 Å². The van der Waals surface area contributed by atoms with Gasteiger partial charge in [-0.05, 0) is 48.0 Å². The molecular weight excluding hydrogens is 382 g/mol. The molecule has 0 radical (unpaired) electrons. The standard InChI is InChI=1S/C20H16ClN3O2S/c21-16-6-1-14(2-7-16)5-10-19(25)24-13-27-12-18(24)20(26)23-17-8-3-15(11-22)4-9-17/h1-10,18H,12-13H2,(H,23,26)/b10-5+. The highest BCUT2D eigenvalue weighted by Gasteiger charge is 2.33. The monoisotopic (exact) mass is 397 g/mol. The number of nitrogens with one attached hydrogen (secondary N) is 1. The molecule has 0 saturated carbocycles. The fraction of sp³-hybridized carbons (Fsp3) is 0.150. The zero-order chi connectivity index (χ0) is 19.2. The minimum atomic E-state index is -0.534. The Kier molecular flexibility index (Phi) is 6.17. The molecule has 1 fully saturated rings. The molecule has 0 spiro atoms. The first-order valence-corrected chi connectivity index (χ1v) is 9.73. The average Bonchev–Trinajstić information content (AvgIpc) is 3.18. The van der Waals surface area contributed by atoms with Crippen molar-refractivity contribution in [3.63, 3.8) is 0 Å². The lowest BCUT2D eigenvalue weighted by Crippen LogP contribution is -2.43. The Bertz CT molecular complexity index is 904. The molecule has 1 heterocycles. The molecule has 5 nitrogen and oxygen atoms in total. The van der Waals surface area contributed by atoms with Crippen LogP contribution in [0, 0.1) is 11.3 Å². The molecule has 1 saturated heterocycles. The number of thioether (sulfide) groups is 1. The number of hydrogen-bond donors (Lipinski definition) is 1. The summed E-state index contributed by atoms with van der Waals surface area (Å²) in [5.74, 6) is 0.561. The first kappa shape index (κ1) is 19.0. The van der Waals surface area contributed by atoms with Crippen LogP contribution >= 0.6 is 23.4 Å². The van der Waals surface area contributed by atoms with Crippen molar-refractivity contribution in [3.05, 3.63) is 70.8 Å². The van der Waals surface area contributed by atoms with E-state index in [1.807, 2.05) is 18.2 Å². The van der Waals surface area contributed by atoms with Crippen LogP contribution < -0.4 is 5.32 Å². The number of nitriles is 1. The third-order valence-corrected chi connectivity index (χ3v) is 5.30. The molecular formula is C20H16ClN3O2S. The third-order valence-electron chi connectivity index (χ3n) is 4.04. The van der Waals surface area contributed by atoms with Crippen LogP contribution in [-0.2, 0) is 9.59 Å². The molecule has 2 amide bonds. The van der Waals surface area contributed by atoms with Gasteiger partial charge in [0.25, 0.3) is 0 Å². The molecule has 2 aromatic rings. The van der Waals surface area contributed by atoms with Crippen LogP contribution in [0.3, 0.4) is 0 Å². The van der Waals surface area contributed by atoms with Gasteiger partial charge in [-0.2, -0.15) is 5.26 Å². The number of amides is 2. The van der Waals surface area contributed by atoms with Crippen LogP contribution in [0.2, 0.25) is 5.02 Å². The van der Waals surface area contributed by atoms with Gasteiger partial charge in [-0.1, -0.05) is 23.7 Å². The van der Waals surface area contributed by atoms with Crippen LogP contribution in [0.1, 0.15) is 11.1 Å². The van der Waals surface area contributed by atoms with Gasteiger partial charge in [-0.15, -0.1) is 11.8 Å². The lowest BCUT2D eigenvalue weighted by atomic mass is 10.2. The van der Waals surface area contributed by atoms with E-state index < -0.39 is 6.04 Å². The molecule has 1 N–H and O–H groups in total. The summed E-state index contributed by atoms with van der Waals surface area (Å²) in [7, 11) is 0. The topological polar surface area (TPSA) is 73.2 Å². The van der Waals surface area contributed by atoms with E-state index in [1.54, 1.807) is 47.4 Å². The fourth-order valence-electron chi connectivity index (χ4n) is 2.57. The summed E-state index contributed by atoms with van der Waals surface area (Å²) in [6, 6.07) is 15.3. The molecule has 7 heteroatoms. The Hall–Kier alpha value is -2.75. The van der Waals surface area contributed by atoms with Crippen molar-refractivity contribution >= 4 is 46.9 Å². The highest BCUT2D eigenvalue weighted by atomic mass is 35.5. The maximum absolute atomic E-state index is 12.6. The highest BCUT2D eigenvalue weighted by molar-refractivity contribution is 7.99. The minimum absolute atomic E-state index is 0.213. The van der Waals surface area contributed by atoms with E-state index in [0.717, 1.165) is 5.56 Å². The molecule has 0 aliphatic carbocycles. The Labute approximate surface area is 166 Å². The van der Waals surface area contributed by atoms with E-state index in [1.165, 1.54) is 17.8 Å². The van der Waals surface area contributed by atoms with Gasteiger partial charge >= 0.3 is 0 Å². The summed E-state index contributed by atoms with van der Waals surface area (Å²) in [5.41, 5.74) is 1.98. The molecule has 27 heavy (non-hydrogen) atoms. The number of rotatable bonds is 4. The molecule has 1 atom stereocenters. The number of anilines is 1. The average molecular weight is 398 g/mol. The van der Waals surface area contributed by atoms with Crippen LogP contribution in [0.25, 0.3) is 6.08 Å². The van der Waals surface area contributed by atoms with E-state index in [9.17, 15) is 9.59 Å². The second-order valence-corrected chi connectivity index (χ2v) is 7.32. The van der Waals surface area contributed by atoms with Gasteiger partial charge in [-0.3, -0.25) is 9.59 Å². The predicted octanol–water partition coefficient (Wildman–Crippen LogP) is 3.77. The number of halogens is 1. The third kappa shape index (κ3) is 4.91. The molecule has 1 aliphatic heterocycles. The van der Waals surface area contributed by atoms with Crippen molar-refractivity contribution in [2.24, 2.45) is 0 Å². The number of nitrogens with zero attached hydrogens (tertiary/aromatic N) is 2. The first-order valence-electron chi connectivity index (χ1n) is 8.20. The molecule has 2 aromatic carbocycles. The van der Waals surface area contributed by atoms with Crippen LogP contribution in [0.5, 0.6) is 0 Å². The second kappa shape index (κ2) is 8.76. The number of carbonyl (C=O) groups excluding carboxylic acids is 2. The number of hydrogen-bond acceptors (Lipinski definition) is 4. The Balaban J connectivity index is 1.64. The zero-order valence-corrected chi connectivity index (χ0v) is 15.8. The van der Waals surface area contributed by atoms with Crippen molar-refractivity contribution in [2.45, 2.75) is 6.04 Å². The number of benzene rings is 2. The van der Waals surface area contributed by atoms with Gasteiger partial charge in [0.15, 0.2) is 0 Å². The van der Waals surface area contributed by atoms with E-state index >= 15 is 0 Å². The van der Waals surface area contributed by atoms with Crippen LogP contribution in [-0.4, -0.2) is 34.4 Å². The summed E-state index contributed by atoms with van der Waals surface area (Å²) in [5, 5.41) is 12.3. The van der Waals surface area contributed by atoms with Crippen molar-refractivity contribution < 1.29 is 9.59 Å². The summed E-state index contributed by atoms with van der Waals surface area (Å²) >= 11 is 7.39. The maximum Gasteiger partial charge on any atom is 0.248 e. The Morgan fingerprint density at radius 3 is 2.56 bits per heavy atom. The van der Waals surface area contributed by atoms with Gasteiger partial charge in [0.05, 0.1) is 17.5 Å². The fourth-order valence-corrected chi connectivity index (χ4v) is 3.86. The summed E-state index contributed by atoms with van der Waals surface area (Å²) in [4.78, 5) is 26.6. The molecule has 1 unspecified atom stereocenters. The summed E-state index contributed by atoms with van der Waals surface area (Å²) in [6.45, 7) is 0. The molecule has 0 bridgehead atoms. The van der Waals surface area contributed by atoms with Gasteiger partial charge in [0.1, 0.15) is 6.04 Å². The summed E-state index contributed by atoms with van der Waals surface area (Å²) in [6.07, 6.45) is 3.17. The molecule has 0 aromatic heterocycles. The second-order valence-electron chi connectivity index (χ2n) is 5.89. The molecule has 1 aliphatic rings. The SMILES string of the molecule is N#Cc1ccc(NC(=O)C2CSCN2C(=O)/C=C/c2ccc(Cl)cc2)cc1. The van der Waals surface area contributed by atoms with E-state index in [0.29, 0.717) is 27.9 Å². The molecule has 3 rings (SSSR count). The largest absolute Gasteiger partial charge is 0.324 e. The first-order chi connectivity index (χ1) is 13.1. The minimum Gasteiger partial charge on any atom is -0.324 e. The Morgan fingerprint density at radius 1 is 1.19 bits per heavy atom. The lowest BCUT2D eigenvalue weighted by Gasteiger charge is -2.21. The summed E-state index contributed by atoms with van der Waals surface area (Å²) < 4.78 is 0. The Morgan fingerprint density at radius 2 is 1.89 bits per heavy atom. The van der Waals surface area contributed by atoms with Crippen LogP contribution in [0.15, 0.2) is 54.6 Å². The van der Waals surface area contributed by atoms with E-state index in [2.05, 4.69) is 5.32 Å². The van der Waals surface area contributed by atoms with Gasteiger partial charge < -0.3 is 10.2 Å².